The Balaban J connectivity index is 0.00000300. The molecule has 8 heteroatoms. The number of aryl methyl sites for hydroxylation is 1. The number of rotatable bonds is 5. The van der Waals surface area contributed by atoms with E-state index in [1.165, 1.54) is 12.7 Å². The first-order valence-electron chi connectivity index (χ1n) is 9.50. The first kappa shape index (κ1) is 23.2. The molecule has 1 aromatic carbocycles. The van der Waals surface area contributed by atoms with Crippen molar-refractivity contribution in [3.8, 4) is 0 Å². The monoisotopic (exact) mass is 512 g/mol. The smallest absolute Gasteiger partial charge is 0.341 e. The van der Waals surface area contributed by atoms with E-state index in [1.54, 1.807) is 20.0 Å². The van der Waals surface area contributed by atoms with Gasteiger partial charge in [-0.15, -0.1) is 24.0 Å². The Hall–Kier alpha value is -2.07. The van der Waals surface area contributed by atoms with Gasteiger partial charge in [0.05, 0.1) is 13.7 Å². The molecule has 0 bridgehead atoms. The SMILES string of the molecule is CN=C(NCc1cc(C(=O)OC)c(C)o1)N1CCN(Cc2ccccc2)CC1.I. The van der Waals surface area contributed by atoms with Crippen molar-refractivity contribution in [1.29, 1.82) is 0 Å². The first-order chi connectivity index (χ1) is 13.6. The molecule has 1 saturated heterocycles. The third-order valence-electron chi connectivity index (χ3n) is 4.93. The molecular weight excluding hydrogens is 483 g/mol. The average molecular weight is 512 g/mol. The number of piperazine rings is 1. The molecule has 0 aliphatic carbocycles. The minimum Gasteiger partial charge on any atom is -0.465 e. The summed E-state index contributed by atoms with van der Waals surface area (Å²) in [6.07, 6.45) is 0. The molecule has 1 aromatic heterocycles. The van der Waals surface area contributed by atoms with Crippen molar-refractivity contribution in [3.63, 3.8) is 0 Å². The summed E-state index contributed by atoms with van der Waals surface area (Å²) in [5.74, 6) is 1.70. The van der Waals surface area contributed by atoms with Gasteiger partial charge >= 0.3 is 5.97 Å². The van der Waals surface area contributed by atoms with Crippen LogP contribution in [0.5, 0.6) is 0 Å². The van der Waals surface area contributed by atoms with Crippen LogP contribution >= 0.6 is 24.0 Å². The maximum Gasteiger partial charge on any atom is 0.341 e. The summed E-state index contributed by atoms with van der Waals surface area (Å²) in [6.45, 7) is 7.01. The van der Waals surface area contributed by atoms with E-state index >= 15 is 0 Å². The van der Waals surface area contributed by atoms with Crippen molar-refractivity contribution >= 4 is 35.9 Å². The third-order valence-corrected chi connectivity index (χ3v) is 4.93. The zero-order valence-electron chi connectivity index (χ0n) is 17.2. The predicted molar refractivity (Wildman–Crippen MR) is 124 cm³/mol. The summed E-state index contributed by atoms with van der Waals surface area (Å²) in [4.78, 5) is 20.8. The largest absolute Gasteiger partial charge is 0.465 e. The van der Waals surface area contributed by atoms with Gasteiger partial charge in [-0.25, -0.2) is 4.79 Å². The zero-order valence-corrected chi connectivity index (χ0v) is 19.5. The molecule has 0 spiro atoms. The van der Waals surface area contributed by atoms with Crippen LogP contribution in [0.25, 0.3) is 0 Å². The van der Waals surface area contributed by atoms with Crippen LogP contribution in [0.15, 0.2) is 45.8 Å². The third kappa shape index (κ3) is 6.20. The van der Waals surface area contributed by atoms with Gasteiger partial charge in [0.2, 0.25) is 0 Å². The Kier molecular flexibility index (Phi) is 8.97. The molecule has 2 heterocycles. The van der Waals surface area contributed by atoms with E-state index in [-0.39, 0.29) is 29.9 Å². The highest BCUT2D eigenvalue weighted by atomic mass is 127. The number of aliphatic imine (C=N–C) groups is 1. The average Bonchev–Trinajstić information content (AvgIpc) is 3.10. The van der Waals surface area contributed by atoms with E-state index in [9.17, 15) is 4.79 Å². The number of halogens is 1. The fourth-order valence-electron chi connectivity index (χ4n) is 3.40. The molecule has 7 nitrogen and oxygen atoms in total. The number of hydrogen-bond donors (Lipinski definition) is 1. The lowest BCUT2D eigenvalue weighted by Crippen LogP contribution is -2.52. The predicted octanol–water partition coefficient (Wildman–Crippen LogP) is 2.89. The van der Waals surface area contributed by atoms with Crippen LogP contribution in [0.1, 0.15) is 27.4 Å². The van der Waals surface area contributed by atoms with Gasteiger partial charge in [0.25, 0.3) is 0 Å². The van der Waals surface area contributed by atoms with Gasteiger partial charge in [-0.3, -0.25) is 9.89 Å². The molecule has 0 unspecified atom stereocenters. The minimum absolute atomic E-state index is 0. The highest BCUT2D eigenvalue weighted by molar-refractivity contribution is 14.0. The number of hydrogen-bond acceptors (Lipinski definition) is 5. The summed E-state index contributed by atoms with van der Waals surface area (Å²) in [6, 6.07) is 12.3. The Morgan fingerprint density at radius 3 is 2.52 bits per heavy atom. The maximum absolute atomic E-state index is 11.7. The fourth-order valence-corrected chi connectivity index (χ4v) is 3.40. The standard InChI is InChI=1S/C21H28N4O3.HI/c1-16-19(20(26)27-3)13-18(28-16)14-23-21(22-2)25-11-9-24(10-12-25)15-17-7-5-4-6-8-17;/h4-8,13H,9-12,14-15H2,1-3H3,(H,22,23);1H. The molecule has 29 heavy (non-hydrogen) atoms. The van der Waals surface area contributed by atoms with Gasteiger partial charge in [0.15, 0.2) is 5.96 Å². The van der Waals surface area contributed by atoms with E-state index in [2.05, 4.69) is 44.4 Å². The summed E-state index contributed by atoms with van der Waals surface area (Å²) in [5.41, 5.74) is 1.80. The van der Waals surface area contributed by atoms with E-state index < -0.39 is 0 Å². The van der Waals surface area contributed by atoms with Crippen LogP contribution in [-0.4, -0.2) is 62.1 Å². The molecule has 0 atom stereocenters. The quantitative estimate of drug-likeness (QED) is 0.288. The summed E-state index contributed by atoms with van der Waals surface area (Å²) < 4.78 is 10.4. The normalized spacial score (nSPS) is 15.0. The van der Waals surface area contributed by atoms with Crippen LogP contribution in [0.4, 0.5) is 0 Å². The van der Waals surface area contributed by atoms with Crippen molar-refractivity contribution in [1.82, 2.24) is 15.1 Å². The number of furan rings is 1. The Morgan fingerprint density at radius 2 is 1.90 bits per heavy atom. The summed E-state index contributed by atoms with van der Waals surface area (Å²) in [7, 11) is 3.15. The van der Waals surface area contributed by atoms with Gasteiger partial charge in [-0.05, 0) is 18.6 Å². The Bertz CT molecular complexity index is 815. The Labute approximate surface area is 189 Å². The highest BCUT2D eigenvalue weighted by Gasteiger charge is 2.20. The number of esters is 1. The maximum atomic E-state index is 11.7. The minimum atomic E-state index is -0.383. The fraction of sp³-hybridized carbons (Fsp3) is 0.429. The van der Waals surface area contributed by atoms with Gasteiger partial charge in [-0.1, -0.05) is 30.3 Å². The van der Waals surface area contributed by atoms with E-state index in [4.69, 9.17) is 9.15 Å². The lowest BCUT2D eigenvalue weighted by Gasteiger charge is -2.36. The van der Waals surface area contributed by atoms with Gasteiger partial charge in [0.1, 0.15) is 17.1 Å². The van der Waals surface area contributed by atoms with Crippen molar-refractivity contribution in [2.45, 2.75) is 20.0 Å². The molecule has 0 saturated carbocycles. The number of nitrogens with one attached hydrogen (secondary N) is 1. The first-order valence-corrected chi connectivity index (χ1v) is 9.50. The van der Waals surface area contributed by atoms with E-state index in [0.717, 1.165) is 38.7 Å². The number of nitrogens with zero attached hydrogens (tertiary/aromatic N) is 3. The number of methoxy groups -OCH3 is 1. The van der Waals surface area contributed by atoms with E-state index in [1.807, 2.05) is 6.07 Å². The number of carbonyl (C=O) groups excluding carboxylic acids is 1. The molecule has 1 fully saturated rings. The summed E-state index contributed by atoms with van der Waals surface area (Å²) in [5, 5.41) is 3.33. The van der Waals surface area contributed by atoms with Gasteiger partial charge < -0.3 is 19.4 Å². The van der Waals surface area contributed by atoms with Crippen molar-refractivity contribution in [2.24, 2.45) is 4.99 Å². The second kappa shape index (κ2) is 11.2. The van der Waals surface area contributed by atoms with Crippen LogP contribution in [0.2, 0.25) is 0 Å². The lowest BCUT2D eigenvalue weighted by atomic mass is 10.2. The molecule has 1 aliphatic heterocycles. The van der Waals surface area contributed by atoms with Crippen LogP contribution < -0.4 is 5.32 Å². The Morgan fingerprint density at radius 1 is 1.21 bits per heavy atom. The lowest BCUT2D eigenvalue weighted by molar-refractivity contribution is 0.0599. The van der Waals surface area contributed by atoms with Gasteiger partial charge in [0, 0.05) is 39.8 Å². The summed E-state index contributed by atoms with van der Waals surface area (Å²) >= 11 is 0. The molecule has 1 aliphatic rings. The number of guanidine groups is 1. The van der Waals surface area contributed by atoms with Gasteiger partial charge in [-0.2, -0.15) is 0 Å². The highest BCUT2D eigenvalue weighted by Crippen LogP contribution is 2.16. The van der Waals surface area contributed by atoms with Crippen LogP contribution in [0.3, 0.4) is 0 Å². The number of ether oxygens (including phenoxy) is 1. The second-order valence-corrected chi connectivity index (χ2v) is 6.82. The second-order valence-electron chi connectivity index (χ2n) is 6.82. The molecular formula is C21H29IN4O3. The van der Waals surface area contributed by atoms with Crippen molar-refractivity contribution in [2.75, 3.05) is 40.3 Å². The number of benzene rings is 1. The van der Waals surface area contributed by atoms with E-state index in [0.29, 0.717) is 23.6 Å². The van der Waals surface area contributed by atoms with Crippen LogP contribution in [0, 0.1) is 6.92 Å². The molecule has 1 N–H and O–H groups in total. The molecule has 3 rings (SSSR count). The molecule has 2 aromatic rings. The molecule has 158 valence electrons. The zero-order chi connectivity index (χ0) is 19.9. The van der Waals surface area contributed by atoms with Crippen molar-refractivity contribution in [3.05, 3.63) is 59.0 Å². The molecule has 0 amide bonds. The molecule has 0 radical (unpaired) electrons. The number of carbonyl (C=O) groups is 1. The van der Waals surface area contributed by atoms with Crippen LogP contribution in [-0.2, 0) is 17.8 Å². The topological polar surface area (TPSA) is 70.3 Å². The van der Waals surface area contributed by atoms with Crippen molar-refractivity contribution < 1.29 is 13.9 Å².